The maximum atomic E-state index is 12.0. The van der Waals surface area contributed by atoms with Gasteiger partial charge in [0.2, 0.25) is 5.95 Å². The molecule has 0 radical (unpaired) electrons. The largest absolute Gasteiger partial charge is 0.495 e. The summed E-state index contributed by atoms with van der Waals surface area (Å²) in [6, 6.07) is 13.4. The molecule has 1 fully saturated rings. The molecule has 1 saturated heterocycles. The second-order valence-corrected chi connectivity index (χ2v) is 9.55. The first kappa shape index (κ1) is 24.9. The number of para-hydroxylation sites is 1. The number of nitrogens with two attached hydrogens (primary N) is 1. The van der Waals surface area contributed by atoms with E-state index >= 15 is 0 Å². The van der Waals surface area contributed by atoms with Crippen molar-refractivity contribution in [1.29, 1.82) is 0 Å². The Morgan fingerprint density at radius 2 is 2.00 bits per heavy atom. The molecule has 37 heavy (non-hydrogen) atoms. The number of carbonyl (C=O) groups excluding carboxylic acids is 1. The first-order valence-corrected chi connectivity index (χ1v) is 12.6. The molecule has 3 N–H and O–H groups in total. The molecular weight excluding hydrogens is 490 g/mol. The minimum absolute atomic E-state index is 0.342. The first-order valence-electron chi connectivity index (χ1n) is 12.3. The summed E-state index contributed by atoms with van der Waals surface area (Å²) in [7, 11) is 3.75. The van der Waals surface area contributed by atoms with Gasteiger partial charge in [0.05, 0.1) is 30.1 Å². The number of benzene rings is 2. The van der Waals surface area contributed by atoms with Gasteiger partial charge in [0.1, 0.15) is 10.8 Å². The van der Waals surface area contributed by atoms with Gasteiger partial charge >= 0.3 is 0 Å². The van der Waals surface area contributed by atoms with Crippen LogP contribution in [-0.2, 0) is 0 Å². The molecule has 0 saturated carbocycles. The van der Waals surface area contributed by atoms with Gasteiger partial charge in [-0.1, -0.05) is 29.8 Å². The van der Waals surface area contributed by atoms with Gasteiger partial charge in [-0.05, 0) is 44.1 Å². The average molecular weight is 520 g/mol. The van der Waals surface area contributed by atoms with E-state index in [4.69, 9.17) is 22.1 Å². The zero-order valence-electron chi connectivity index (χ0n) is 20.9. The van der Waals surface area contributed by atoms with Crippen LogP contribution in [0.15, 0.2) is 54.9 Å². The van der Waals surface area contributed by atoms with Crippen molar-refractivity contribution in [2.24, 2.45) is 5.73 Å². The molecule has 1 amide bonds. The van der Waals surface area contributed by atoms with E-state index in [-0.39, 0.29) is 0 Å². The van der Waals surface area contributed by atoms with Gasteiger partial charge in [-0.3, -0.25) is 9.36 Å². The van der Waals surface area contributed by atoms with Crippen LogP contribution in [0.2, 0.25) is 5.02 Å². The molecule has 2 aromatic carbocycles. The molecule has 4 aromatic rings. The molecule has 192 valence electrons. The summed E-state index contributed by atoms with van der Waals surface area (Å²) in [4.78, 5) is 25.7. The van der Waals surface area contributed by atoms with Crippen LogP contribution in [0.25, 0.3) is 16.7 Å². The van der Waals surface area contributed by atoms with Gasteiger partial charge in [-0.2, -0.15) is 4.98 Å². The molecule has 0 aliphatic carbocycles. The zero-order valence-corrected chi connectivity index (χ0v) is 21.7. The lowest BCUT2D eigenvalue weighted by Gasteiger charge is -2.25. The van der Waals surface area contributed by atoms with Crippen LogP contribution in [0, 0.1) is 0 Å². The number of primary amides is 1. The molecule has 0 bridgehead atoms. The number of likely N-dealkylation sites (N-methyl/N-ethyl adjacent to an activating group) is 1. The third-order valence-corrected chi connectivity index (χ3v) is 7.00. The minimum atomic E-state index is -0.518. The standard InChI is InChI=1S/C27H30ClN7O2/c1-33(13-14-34-11-5-6-12-34)23-10-9-18(15-24(23)37-2)31-27-30-16-21(28)26(32-27)35-17-20(25(29)36)19-7-3-4-8-22(19)35/h3-4,7-10,15-17H,5-6,11-14H2,1-2H3,(H2,29,36)(H,30,31,32). The zero-order chi connectivity index (χ0) is 25.9. The van der Waals surface area contributed by atoms with Gasteiger partial charge in [0, 0.05) is 43.5 Å². The van der Waals surface area contributed by atoms with Crippen molar-refractivity contribution in [3.8, 4) is 11.6 Å². The van der Waals surface area contributed by atoms with Gasteiger partial charge in [-0.15, -0.1) is 0 Å². The Labute approximate surface area is 220 Å². The van der Waals surface area contributed by atoms with Crippen molar-refractivity contribution in [3.05, 3.63) is 65.4 Å². The fraction of sp³-hybridized carbons (Fsp3) is 0.296. The van der Waals surface area contributed by atoms with E-state index in [1.54, 1.807) is 17.9 Å². The summed E-state index contributed by atoms with van der Waals surface area (Å²) in [5.41, 5.74) is 8.56. The maximum absolute atomic E-state index is 12.0. The lowest BCUT2D eigenvalue weighted by molar-refractivity contribution is 0.100. The number of likely N-dealkylation sites (tertiary alicyclic amines) is 1. The Morgan fingerprint density at radius 3 is 2.76 bits per heavy atom. The highest BCUT2D eigenvalue weighted by atomic mass is 35.5. The predicted molar refractivity (Wildman–Crippen MR) is 148 cm³/mol. The number of nitrogens with zero attached hydrogens (tertiary/aromatic N) is 5. The van der Waals surface area contributed by atoms with E-state index in [0.717, 1.165) is 41.1 Å². The molecule has 1 aliphatic heterocycles. The number of ether oxygens (including phenoxy) is 1. The average Bonchev–Trinajstić information content (AvgIpc) is 3.56. The molecular formula is C27H30ClN7O2. The number of nitrogens with one attached hydrogen (secondary N) is 1. The van der Waals surface area contributed by atoms with Crippen molar-refractivity contribution in [3.63, 3.8) is 0 Å². The molecule has 2 aromatic heterocycles. The molecule has 5 rings (SSSR count). The van der Waals surface area contributed by atoms with Crippen molar-refractivity contribution in [2.45, 2.75) is 12.8 Å². The summed E-state index contributed by atoms with van der Waals surface area (Å²) in [5.74, 6) is 1.03. The fourth-order valence-electron chi connectivity index (χ4n) is 4.76. The first-order chi connectivity index (χ1) is 17.9. The Bertz CT molecular complexity index is 1430. The lowest BCUT2D eigenvalue weighted by Crippen LogP contribution is -2.31. The van der Waals surface area contributed by atoms with Crippen LogP contribution in [0.1, 0.15) is 23.2 Å². The number of hydrogen-bond donors (Lipinski definition) is 2. The Balaban J connectivity index is 1.39. The number of carbonyl (C=O) groups is 1. The summed E-state index contributed by atoms with van der Waals surface area (Å²) in [6.45, 7) is 4.32. The number of anilines is 3. The molecule has 0 spiro atoms. The Morgan fingerprint density at radius 1 is 1.22 bits per heavy atom. The van der Waals surface area contributed by atoms with Gasteiger partial charge in [0.25, 0.3) is 5.91 Å². The van der Waals surface area contributed by atoms with Crippen LogP contribution in [0.5, 0.6) is 5.75 Å². The number of fused-ring (bicyclic) bond motifs is 1. The highest BCUT2D eigenvalue weighted by Crippen LogP contribution is 2.32. The molecule has 0 atom stereocenters. The van der Waals surface area contributed by atoms with E-state index in [0.29, 0.717) is 22.4 Å². The summed E-state index contributed by atoms with van der Waals surface area (Å²) >= 11 is 6.48. The number of hydrogen-bond acceptors (Lipinski definition) is 7. The summed E-state index contributed by atoms with van der Waals surface area (Å²) in [6.07, 6.45) is 5.76. The predicted octanol–water partition coefficient (Wildman–Crippen LogP) is 4.46. The Hall–Kier alpha value is -3.82. The third-order valence-electron chi connectivity index (χ3n) is 6.73. The quantitative estimate of drug-likeness (QED) is 0.336. The molecule has 3 heterocycles. The van der Waals surface area contributed by atoms with E-state index in [1.807, 2.05) is 42.5 Å². The van der Waals surface area contributed by atoms with Crippen LogP contribution in [-0.4, -0.2) is 65.7 Å². The monoisotopic (exact) mass is 519 g/mol. The van der Waals surface area contributed by atoms with Crippen molar-refractivity contribution in [2.75, 3.05) is 50.6 Å². The highest BCUT2D eigenvalue weighted by molar-refractivity contribution is 6.32. The van der Waals surface area contributed by atoms with Crippen molar-refractivity contribution >= 4 is 45.7 Å². The van der Waals surface area contributed by atoms with Crippen LogP contribution >= 0.6 is 11.6 Å². The van der Waals surface area contributed by atoms with Gasteiger partial charge < -0.3 is 25.6 Å². The molecule has 10 heteroatoms. The second kappa shape index (κ2) is 10.7. The number of amides is 1. The number of methoxy groups -OCH3 is 1. The topological polar surface area (TPSA) is 102 Å². The van der Waals surface area contributed by atoms with E-state index in [9.17, 15) is 4.79 Å². The van der Waals surface area contributed by atoms with Crippen molar-refractivity contribution in [1.82, 2.24) is 19.4 Å². The maximum Gasteiger partial charge on any atom is 0.250 e. The van der Waals surface area contributed by atoms with Gasteiger partial charge in [-0.25, -0.2) is 4.98 Å². The number of aromatic nitrogens is 3. The fourth-order valence-corrected chi connectivity index (χ4v) is 4.94. The third kappa shape index (κ3) is 5.19. The molecule has 1 aliphatic rings. The Kier molecular flexibility index (Phi) is 7.16. The van der Waals surface area contributed by atoms with E-state index in [2.05, 4.69) is 32.1 Å². The SMILES string of the molecule is COc1cc(Nc2ncc(Cl)c(-n3cc(C(N)=O)c4ccccc43)n2)ccc1N(C)CCN1CCCC1. The normalized spacial score (nSPS) is 13.7. The van der Waals surface area contributed by atoms with Crippen LogP contribution in [0.4, 0.5) is 17.3 Å². The second-order valence-electron chi connectivity index (χ2n) is 9.14. The summed E-state index contributed by atoms with van der Waals surface area (Å²) < 4.78 is 7.45. The lowest BCUT2D eigenvalue weighted by atomic mass is 10.2. The summed E-state index contributed by atoms with van der Waals surface area (Å²) in [5, 5.41) is 4.32. The van der Waals surface area contributed by atoms with Crippen LogP contribution < -0.4 is 20.7 Å². The molecule has 9 nitrogen and oxygen atoms in total. The molecule has 0 unspecified atom stereocenters. The smallest absolute Gasteiger partial charge is 0.250 e. The van der Waals surface area contributed by atoms with E-state index in [1.165, 1.54) is 32.1 Å². The number of rotatable bonds is 9. The minimum Gasteiger partial charge on any atom is -0.495 e. The van der Waals surface area contributed by atoms with Gasteiger partial charge in [0.15, 0.2) is 5.82 Å². The van der Waals surface area contributed by atoms with Crippen LogP contribution in [0.3, 0.4) is 0 Å². The van der Waals surface area contributed by atoms with E-state index < -0.39 is 5.91 Å². The highest BCUT2D eigenvalue weighted by Gasteiger charge is 2.18. The van der Waals surface area contributed by atoms with Crippen molar-refractivity contribution < 1.29 is 9.53 Å². The number of halogens is 1.